The summed E-state index contributed by atoms with van der Waals surface area (Å²) < 4.78 is 10.4. The third-order valence-electron chi connectivity index (χ3n) is 8.05. The zero-order valence-corrected chi connectivity index (χ0v) is 27.4. The van der Waals surface area contributed by atoms with Crippen LogP contribution in [-0.4, -0.2) is 19.3 Å². The van der Waals surface area contributed by atoms with Crippen molar-refractivity contribution >= 4 is 21.8 Å². The van der Waals surface area contributed by atoms with Crippen molar-refractivity contribution in [2.75, 3.05) is 0 Å². The number of aryl methyl sites for hydroxylation is 2. The van der Waals surface area contributed by atoms with Gasteiger partial charge in [-0.2, -0.15) is 17.2 Å². The first-order chi connectivity index (χ1) is 21.0. The first-order valence-corrected chi connectivity index (χ1v) is 14.8. The molecule has 0 amide bonds. The molecule has 220 valence electrons. The molecule has 0 aliphatic heterocycles. The molecular formula is C38H32N4OPt. The summed E-state index contributed by atoms with van der Waals surface area (Å²) in [6.07, 6.45) is 6.84. The van der Waals surface area contributed by atoms with Gasteiger partial charge in [-0.3, -0.25) is 4.68 Å². The van der Waals surface area contributed by atoms with Crippen LogP contribution in [0.1, 0.15) is 43.4 Å². The molecule has 44 heavy (non-hydrogen) atoms. The smallest absolute Gasteiger partial charge is 0.509 e. The van der Waals surface area contributed by atoms with Crippen LogP contribution in [0.4, 0.5) is 0 Å². The summed E-state index contributed by atoms with van der Waals surface area (Å²) >= 11 is 0. The molecule has 3 aromatic heterocycles. The summed E-state index contributed by atoms with van der Waals surface area (Å²) in [7, 11) is 0. The van der Waals surface area contributed by atoms with Gasteiger partial charge < -0.3 is 9.30 Å². The van der Waals surface area contributed by atoms with Gasteiger partial charge in [-0.1, -0.05) is 62.7 Å². The third-order valence-corrected chi connectivity index (χ3v) is 8.05. The van der Waals surface area contributed by atoms with Crippen LogP contribution < -0.4 is 4.74 Å². The maximum atomic E-state index is 6.36. The molecule has 0 aliphatic carbocycles. The second-order valence-corrected chi connectivity index (χ2v) is 11.2. The summed E-state index contributed by atoms with van der Waals surface area (Å²) in [6.45, 7) is 8.73. The Kier molecular flexibility index (Phi) is 8.25. The number of rotatable bonds is 7. The minimum absolute atomic E-state index is 0. The van der Waals surface area contributed by atoms with Crippen LogP contribution in [0.25, 0.3) is 44.4 Å². The number of hydrogen-bond acceptors (Lipinski definition) is 3. The quantitative estimate of drug-likeness (QED) is 0.152. The van der Waals surface area contributed by atoms with Crippen LogP contribution >= 0.6 is 0 Å². The zero-order valence-electron chi connectivity index (χ0n) is 25.1. The van der Waals surface area contributed by atoms with E-state index in [1.165, 1.54) is 22.3 Å². The largest absolute Gasteiger partial charge is 2.00 e. The van der Waals surface area contributed by atoms with E-state index < -0.39 is 0 Å². The molecule has 3 heterocycles. The molecule has 0 fully saturated rings. The fourth-order valence-electron chi connectivity index (χ4n) is 5.85. The Balaban J connectivity index is 0.00000343. The molecule has 0 saturated heterocycles. The minimum atomic E-state index is 0. The van der Waals surface area contributed by atoms with Gasteiger partial charge in [0.15, 0.2) is 0 Å². The van der Waals surface area contributed by atoms with Crippen molar-refractivity contribution in [3.63, 3.8) is 0 Å². The van der Waals surface area contributed by atoms with E-state index in [0.29, 0.717) is 17.4 Å². The van der Waals surface area contributed by atoms with E-state index in [9.17, 15) is 0 Å². The first-order valence-electron chi connectivity index (χ1n) is 14.8. The van der Waals surface area contributed by atoms with E-state index in [4.69, 9.17) is 9.72 Å². The third kappa shape index (κ3) is 5.37. The second-order valence-electron chi connectivity index (χ2n) is 11.2. The summed E-state index contributed by atoms with van der Waals surface area (Å²) in [5, 5.41) is 6.92. The van der Waals surface area contributed by atoms with Gasteiger partial charge in [0.1, 0.15) is 5.82 Å². The summed E-state index contributed by atoms with van der Waals surface area (Å²) in [6, 6.07) is 36.0. The van der Waals surface area contributed by atoms with Crippen molar-refractivity contribution in [1.82, 2.24) is 19.3 Å². The van der Waals surface area contributed by atoms with Gasteiger partial charge in [0, 0.05) is 35.0 Å². The topological polar surface area (TPSA) is 44.9 Å². The standard InChI is InChI=1S/C38H32N4O.Pt/c1-5-27-11-8-10-26(4)38(27)29-23-40-41(24-29)30-12-9-13-31(21-30)43-32-16-17-34-33-14-6-7-15-35(33)42(36(34)22-32)37-20-28(25(2)3)18-19-39-37;/h6-20,23-25H,5H2,1-4H3;/q-2;+2. The molecule has 0 atom stereocenters. The van der Waals surface area contributed by atoms with Gasteiger partial charge in [0.2, 0.25) is 0 Å². The predicted molar refractivity (Wildman–Crippen MR) is 174 cm³/mol. The molecule has 5 nitrogen and oxygen atoms in total. The van der Waals surface area contributed by atoms with Gasteiger partial charge in [-0.15, -0.1) is 35.7 Å². The second kappa shape index (κ2) is 12.3. The van der Waals surface area contributed by atoms with Crippen molar-refractivity contribution < 1.29 is 25.8 Å². The number of nitrogens with zero attached hydrogens (tertiary/aromatic N) is 4. The van der Waals surface area contributed by atoms with Crippen molar-refractivity contribution in [3.8, 4) is 34.1 Å². The zero-order chi connectivity index (χ0) is 29.5. The van der Waals surface area contributed by atoms with Crippen LogP contribution in [0, 0.1) is 19.1 Å². The molecule has 0 spiro atoms. The van der Waals surface area contributed by atoms with E-state index in [0.717, 1.165) is 45.3 Å². The van der Waals surface area contributed by atoms with Gasteiger partial charge in [0.05, 0.1) is 6.20 Å². The SMILES string of the molecule is CCc1cccc(C)c1-c1cnn(-c2[c-]c(Oc3[c-]c4c(cc3)c3ccccc3n4-c3cc(C(C)C)ccn3)ccc2)c1.[Pt+2]. The monoisotopic (exact) mass is 755 g/mol. The Bertz CT molecular complexity index is 2110. The number of ether oxygens (including phenoxy) is 1. The average Bonchev–Trinajstić information content (AvgIpc) is 3.64. The fourth-order valence-corrected chi connectivity index (χ4v) is 5.85. The molecule has 6 heteroatoms. The number of pyridine rings is 1. The summed E-state index contributed by atoms with van der Waals surface area (Å²) in [5.74, 6) is 2.47. The summed E-state index contributed by atoms with van der Waals surface area (Å²) in [5.41, 5.74) is 8.95. The van der Waals surface area contributed by atoms with Gasteiger partial charge >= 0.3 is 21.1 Å². The van der Waals surface area contributed by atoms with E-state index >= 15 is 0 Å². The molecule has 0 unspecified atom stereocenters. The molecule has 7 aromatic rings. The number of fused-ring (bicyclic) bond motifs is 3. The predicted octanol–water partition coefficient (Wildman–Crippen LogP) is 9.42. The van der Waals surface area contributed by atoms with Gasteiger partial charge in [0.25, 0.3) is 0 Å². The molecule has 0 radical (unpaired) electrons. The van der Waals surface area contributed by atoms with E-state index in [1.54, 1.807) is 0 Å². The maximum Gasteiger partial charge on any atom is 2.00 e. The maximum absolute atomic E-state index is 6.36. The Morgan fingerprint density at radius 1 is 0.864 bits per heavy atom. The van der Waals surface area contributed by atoms with Crippen LogP contribution in [0.15, 0.2) is 104 Å². The first kappa shape index (κ1) is 29.6. The van der Waals surface area contributed by atoms with Crippen molar-refractivity contribution in [3.05, 3.63) is 132 Å². The Hall–Kier alpha value is -4.47. The average molecular weight is 756 g/mol. The molecular weight excluding hydrogens is 724 g/mol. The fraction of sp³-hybridized carbons (Fsp3) is 0.158. The molecule has 0 aliphatic rings. The van der Waals surface area contributed by atoms with E-state index in [2.05, 4.69) is 116 Å². The normalized spacial score (nSPS) is 11.3. The van der Waals surface area contributed by atoms with Crippen LogP contribution in [0.2, 0.25) is 0 Å². The van der Waals surface area contributed by atoms with Crippen LogP contribution in [0.5, 0.6) is 11.5 Å². The van der Waals surface area contributed by atoms with E-state index in [-0.39, 0.29) is 21.1 Å². The van der Waals surface area contributed by atoms with Gasteiger partial charge in [-0.25, -0.2) is 4.98 Å². The Morgan fingerprint density at radius 2 is 1.68 bits per heavy atom. The number of hydrogen-bond donors (Lipinski definition) is 0. The van der Waals surface area contributed by atoms with Crippen molar-refractivity contribution in [1.29, 1.82) is 0 Å². The van der Waals surface area contributed by atoms with Crippen LogP contribution in [-0.2, 0) is 27.5 Å². The Labute approximate surface area is 272 Å². The van der Waals surface area contributed by atoms with Crippen molar-refractivity contribution in [2.45, 2.75) is 40.0 Å². The molecule has 7 rings (SSSR count). The minimum Gasteiger partial charge on any atom is -0.509 e. The number of aromatic nitrogens is 4. The number of benzene rings is 4. The Morgan fingerprint density at radius 3 is 2.52 bits per heavy atom. The van der Waals surface area contributed by atoms with Crippen molar-refractivity contribution in [2.24, 2.45) is 0 Å². The van der Waals surface area contributed by atoms with Crippen LogP contribution in [0.3, 0.4) is 0 Å². The van der Waals surface area contributed by atoms with E-state index in [1.807, 2.05) is 41.3 Å². The van der Waals surface area contributed by atoms with Gasteiger partial charge in [-0.05, 0) is 70.8 Å². The molecule has 0 saturated carbocycles. The molecule has 4 aromatic carbocycles. The number of para-hydroxylation sites is 1. The summed E-state index contributed by atoms with van der Waals surface area (Å²) in [4.78, 5) is 4.75. The molecule has 0 N–H and O–H groups in total. The molecule has 0 bridgehead atoms.